The van der Waals surface area contributed by atoms with Crippen LogP contribution < -0.4 is 0 Å². The summed E-state index contributed by atoms with van der Waals surface area (Å²) in [7, 11) is 0. The molecule has 0 aromatic heterocycles. The van der Waals surface area contributed by atoms with E-state index in [-0.39, 0.29) is 11.3 Å². The normalized spacial score (nSPS) is 28.7. The molecule has 1 aliphatic carbocycles. The van der Waals surface area contributed by atoms with Gasteiger partial charge in [0.05, 0.1) is 12.2 Å². The quantitative estimate of drug-likeness (QED) is 0.815. The van der Waals surface area contributed by atoms with Gasteiger partial charge in [-0.15, -0.1) is 0 Å². The second-order valence-electron chi connectivity index (χ2n) is 7.32. The van der Waals surface area contributed by atoms with Gasteiger partial charge < -0.3 is 14.9 Å². The van der Waals surface area contributed by atoms with Crippen LogP contribution in [0.15, 0.2) is 0 Å². The minimum Gasteiger partial charge on any atom is -0.479 e. The molecule has 0 saturated heterocycles. The molecule has 3 atom stereocenters. The van der Waals surface area contributed by atoms with Crippen molar-refractivity contribution in [2.75, 3.05) is 0 Å². The first-order valence-electron chi connectivity index (χ1n) is 7.69. The molecule has 0 aromatic rings. The lowest BCUT2D eigenvalue weighted by Crippen LogP contribution is -2.40. The molecule has 20 heavy (non-hydrogen) atoms. The Labute approximate surface area is 122 Å². The molecule has 1 aliphatic rings. The molecule has 0 heterocycles. The van der Waals surface area contributed by atoms with Gasteiger partial charge in [0.1, 0.15) is 0 Å². The van der Waals surface area contributed by atoms with Crippen LogP contribution >= 0.6 is 0 Å². The molecule has 1 fully saturated rings. The molecule has 4 nitrogen and oxygen atoms in total. The second kappa shape index (κ2) is 6.90. The lowest BCUT2D eigenvalue weighted by atomic mass is 9.69. The maximum absolute atomic E-state index is 11.4. The number of ether oxygens (including phenoxy) is 1. The van der Waals surface area contributed by atoms with E-state index in [1.165, 1.54) is 0 Å². The minimum absolute atomic E-state index is 0.0623. The zero-order chi connectivity index (χ0) is 15.5. The fraction of sp³-hybridized carbons (Fsp3) is 0.938. The van der Waals surface area contributed by atoms with Gasteiger partial charge in [-0.2, -0.15) is 0 Å². The van der Waals surface area contributed by atoms with Crippen LogP contribution in [0.3, 0.4) is 0 Å². The zero-order valence-corrected chi connectivity index (χ0v) is 13.4. The summed E-state index contributed by atoms with van der Waals surface area (Å²) >= 11 is 0. The third-order valence-electron chi connectivity index (χ3n) is 4.71. The molecule has 1 saturated carbocycles. The smallest absolute Gasteiger partial charge is 0.333 e. The van der Waals surface area contributed by atoms with Gasteiger partial charge in [0.25, 0.3) is 0 Å². The van der Waals surface area contributed by atoms with Crippen LogP contribution in [0.1, 0.15) is 60.3 Å². The number of carbonyl (C=O) groups is 1. The number of aliphatic hydroxyl groups excluding tert-OH is 1. The SMILES string of the molecule is CC(O)C(C)OC(C(=O)O)C1CCC(C(C)(C)C)CC1. The van der Waals surface area contributed by atoms with E-state index in [0.29, 0.717) is 5.92 Å². The van der Waals surface area contributed by atoms with Gasteiger partial charge in [0, 0.05) is 0 Å². The Morgan fingerprint density at radius 1 is 1.15 bits per heavy atom. The van der Waals surface area contributed by atoms with E-state index in [1.54, 1.807) is 13.8 Å². The van der Waals surface area contributed by atoms with Crippen LogP contribution in [0.4, 0.5) is 0 Å². The maximum Gasteiger partial charge on any atom is 0.333 e. The number of hydrogen-bond donors (Lipinski definition) is 2. The molecule has 2 N–H and O–H groups in total. The monoisotopic (exact) mass is 286 g/mol. The lowest BCUT2D eigenvalue weighted by Gasteiger charge is -2.39. The molecule has 0 aliphatic heterocycles. The maximum atomic E-state index is 11.4. The second-order valence-corrected chi connectivity index (χ2v) is 7.32. The molecule has 0 spiro atoms. The van der Waals surface area contributed by atoms with Gasteiger partial charge in [0.15, 0.2) is 6.10 Å². The van der Waals surface area contributed by atoms with Crippen LogP contribution in [0, 0.1) is 17.3 Å². The summed E-state index contributed by atoms with van der Waals surface area (Å²) < 4.78 is 5.58. The Morgan fingerprint density at radius 3 is 2.00 bits per heavy atom. The van der Waals surface area contributed by atoms with E-state index >= 15 is 0 Å². The number of rotatable bonds is 5. The molecular formula is C16H30O4. The van der Waals surface area contributed by atoms with Crippen molar-refractivity contribution in [1.29, 1.82) is 0 Å². The third-order valence-corrected chi connectivity index (χ3v) is 4.71. The number of aliphatic hydroxyl groups is 1. The van der Waals surface area contributed by atoms with E-state index in [1.807, 2.05) is 0 Å². The molecule has 1 rings (SSSR count). The van der Waals surface area contributed by atoms with Crippen molar-refractivity contribution in [3.63, 3.8) is 0 Å². The van der Waals surface area contributed by atoms with Gasteiger partial charge in [-0.05, 0) is 56.8 Å². The van der Waals surface area contributed by atoms with Crippen molar-refractivity contribution in [3.8, 4) is 0 Å². The third kappa shape index (κ3) is 4.74. The Kier molecular flexibility index (Phi) is 6.02. The highest BCUT2D eigenvalue weighted by atomic mass is 16.5. The fourth-order valence-electron chi connectivity index (χ4n) is 3.00. The summed E-state index contributed by atoms with van der Waals surface area (Å²) in [5.74, 6) is -0.189. The number of carboxylic acids is 1. The van der Waals surface area contributed by atoms with Crippen molar-refractivity contribution in [1.82, 2.24) is 0 Å². The predicted octanol–water partition coefficient (Wildman–Crippen LogP) is 3.08. The highest BCUT2D eigenvalue weighted by Crippen LogP contribution is 2.41. The largest absolute Gasteiger partial charge is 0.479 e. The van der Waals surface area contributed by atoms with E-state index in [2.05, 4.69) is 20.8 Å². The summed E-state index contributed by atoms with van der Waals surface area (Å²) in [5, 5.41) is 18.9. The molecule has 0 aromatic carbocycles. The summed E-state index contributed by atoms with van der Waals surface area (Å²) in [4.78, 5) is 11.4. The Morgan fingerprint density at radius 2 is 1.65 bits per heavy atom. The summed E-state index contributed by atoms with van der Waals surface area (Å²) in [6.07, 6.45) is 2.02. The van der Waals surface area contributed by atoms with Crippen LogP contribution in [0.2, 0.25) is 0 Å². The first-order valence-corrected chi connectivity index (χ1v) is 7.69. The standard InChI is InChI=1S/C16H30O4/c1-10(17)11(2)20-14(15(18)19)12-6-8-13(9-7-12)16(3,4)5/h10-14,17H,6-9H2,1-5H3,(H,18,19). The van der Waals surface area contributed by atoms with Gasteiger partial charge in [-0.3, -0.25) is 0 Å². The van der Waals surface area contributed by atoms with Crippen molar-refractivity contribution in [2.24, 2.45) is 17.3 Å². The van der Waals surface area contributed by atoms with Crippen molar-refractivity contribution >= 4 is 5.97 Å². The van der Waals surface area contributed by atoms with E-state index < -0.39 is 24.3 Å². The number of hydrogen-bond acceptors (Lipinski definition) is 3. The van der Waals surface area contributed by atoms with E-state index in [9.17, 15) is 15.0 Å². The topological polar surface area (TPSA) is 66.8 Å². The molecular weight excluding hydrogens is 256 g/mol. The predicted molar refractivity (Wildman–Crippen MR) is 78.6 cm³/mol. The average molecular weight is 286 g/mol. The molecule has 118 valence electrons. The summed E-state index contributed by atoms with van der Waals surface area (Å²) in [6, 6.07) is 0. The number of aliphatic carboxylic acids is 1. The minimum atomic E-state index is -0.906. The molecule has 0 bridgehead atoms. The van der Waals surface area contributed by atoms with Gasteiger partial charge in [-0.1, -0.05) is 20.8 Å². The van der Waals surface area contributed by atoms with Crippen LogP contribution in [0.5, 0.6) is 0 Å². The van der Waals surface area contributed by atoms with Crippen molar-refractivity contribution in [2.45, 2.75) is 78.6 Å². The van der Waals surface area contributed by atoms with Gasteiger partial charge in [0.2, 0.25) is 0 Å². The molecule has 0 radical (unpaired) electrons. The zero-order valence-electron chi connectivity index (χ0n) is 13.4. The Hall–Kier alpha value is -0.610. The Balaban J connectivity index is 2.61. The van der Waals surface area contributed by atoms with Crippen molar-refractivity contribution in [3.05, 3.63) is 0 Å². The summed E-state index contributed by atoms with van der Waals surface area (Å²) in [5.41, 5.74) is 0.289. The van der Waals surface area contributed by atoms with E-state index in [4.69, 9.17) is 4.74 Å². The van der Waals surface area contributed by atoms with Crippen LogP contribution in [-0.4, -0.2) is 34.5 Å². The molecule has 4 heteroatoms. The molecule has 0 amide bonds. The molecule has 3 unspecified atom stereocenters. The summed E-state index contributed by atoms with van der Waals surface area (Å²) in [6.45, 7) is 10.1. The highest BCUT2D eigenvalue weighted by molar-refractivity contribution is 5.72. The number of carboxylic acid groups (broad SMARTS) is 1. The first-order chi connectivity index (χ1) is 9.12. The Bertz CT molecular complexity index is 311. The lowest BCUT2D eigenvalue weighted by molar-refractivity contribution is -0.165. The average Bonchev–Trinajstić information content (AvgIpc) is 2.34. The van der Waals surface area contributed by atoms with Gasteiger partial charge >= 0.3 is 5.97 Å². The highest BCUT2D eigenvalue weighted by Gasteiger charge is 2.37. The van der Waals surface area contributed by atoms with Crippen molar-refractivity contribution < 1.29 is 19.7 Å². The van der Waals surface area contributed by atoms with Crippen LogP contribution in [0.25, 0.3) is 0 Å². The van der Waals surface area contributed by atoms with E-state index in [0.717, 1.165) is 25.7 Å². The van der Waals surface area contributed by atoms with Crippen LogP contribution in [-0.2, 0) is 9.53 Å². The fourth-order valence-corrected chi connectivity index (χ4v) is 3.00. The first kappa shape index (κ1) is 17.4. The van der Waals surface area contributed by atoms with Gasteiger partial charge in [-0.25, -0.2) is 4.79 Å².